The van der Waals surface area contributed by atoms with E-state index in [0.29, 0.717) is 55.0 Å². The molecule has 2 aliphatic heterocycles. The van der Waals surface area contributed by atoms with Crippen molar-refractivity contribution in [3.63, 3.8) is 0 Å². The van der Waals surface area contributed by atoms with Crippen molar-refractivity contribution in [2.24, 2.45) is 11.3 Å². The Kier molecular flexibility index (Phi) is 6.51. The van der Waals surface area contributed by atoms with Gasteiger partial charge < -0.3 is 13.9 Å². The van der Waals surface area contributed by atoms with Crippen LogP contribution in [0.3, 0.4) is 0 Å². The van der Waals surface area contributed by atoms with E-state index >= 15 is 0 Å². The first-order valence-corrected chi connectivity index (χ1v) is 14.0. The van der Waals surface area contributed by atoms with Crippen molar-refractivity contribution >= 4 is 28.0 Å². The summed E-state index contributed by atoms with van der Waals surface area (Å²) in [5.41, 5.74) is 1.50. The number of thiophene rings is 1. The lowest BCUT2D eigenvalue weighted by atomic mass is 9.74. The van der Waals surface area contributed by atoms with Gasteiger partial charge in [0.05, 0.1) is 29.3 Å². The minimum Gasteiger partial charge on any atom is -0.444 e. The third-order valence-electron chi connectivity index (χ3n) is 8.12. The smallest absolute Gasteiger partial charge is 0.241 e. The zero-order chi connectivity index (χ0) is 25.6. The maximum atomic E-state index is 14.3. The molecule has 1 saturated carbocycles. The molecule has 0 bridgehead atoms. The first kappa shape index (κ1) is 24.5. The zero-order valence-corrected chi connectivity index (χ0v) is 22.1. The van der Waals surface area contributed by atoms with Crippen molar-refractivity contribution in [3.05, 3.63) is 59.5 Å². The van der Waals surface area contributed by atoms with Gasteiger partial charge in [-0.25, -0.2) is 4.98 Å². The summed E-state index contributed by atoms with van der Waals surface area (Å²) in [4.78, 5) is 35.4. The number of aromatic nitrogens is 1. The maximum absolute atomic E-state index is 14.3. The Morgan fingerprint density at radius 1 is 1.19 bits per heavy atom. The van der Waals surface area contributed by atoms with Crippen LogP contribution in [0.4, 0.5) is 5.00 Å². The summed E-state index contributed by atoms with van der Waals surface area (Å²) in [5.74, 6) is 0.668. The van der Waals surface area contributed by atoms with Crippen molar-refractivity contribution < 1.29 is 23.5 Å². The number of benzene rings is 1. The Morgan fingerprint density at radius 2 is 1.97 bits per heavy atom. The molecule has 8 heteroatoms. The Labute approximate surface area is 220 Å². The van der Waals surface area contributed by atoms with Crippen molar-refractivity contribution in [2.75, 3.05) is 24.7 Å². The lowest BCUT2D eigenvalue weighted by Gasteiger charge is -2.40. The van der Waals surface area contributed by atoms with E-state index in [1.54, 1.807) is 6.20 Å². The fraction of sp³-hybridized carbons (Fsp3) is 0.483. The van der Waals surface area contributed by atoms with Crippen LogP contribution < -0.4 is 4.90 Å². The summed E-state index contributed by atoms with van der Waals surface area (Å²) in [5, 5.41) is 0.683. The molecule has 1 spiro atoms. The van der Waals surface area contributed by atoms with Crippen molar-refractivity contribution in [1.29, 1.82) is 0 Å². The van der Waals surface area contributed by atoms with Gasteiger partial charge in [-0.3, -0.25) is 14.5 Å². The highest BCUT2D eigenvalue weighted by atomic mass is 32.1. The minimum absolute atomic E-state index is 0.0405. The van der Waals surface area contributed by atoms with Crippen LogP contribution >= 0.6 is 11.3 Å². The number of ether oxygens (including phenoxy) is 2. The van der Waals surface area contributed by atoms with E-state index in [1.807, 2.05) is 30.0 Å². The van der Waals surface area contributed by atoms with Gasteiger partial charge in [0.25, 0.3) is 0 Å². The summed E-state index contributed by atoms with van der Waals surface area (Å²) < 4.78 is 17.8. The Morgan fingerprint density at radius 3 is 2.65 bits per heavy atom. The third-order valence-corrected chi connectivity index (χ3v) is 9.42. The number of carbonyl (C=O) groups excluding carboxylic acids is 2. The molecule has 2 aromatic heterocycles. The molecular formula is C29H32N2O5S. The predicted octanol–water partition coefficient (Wildman–Crippen LogP) is 5.98. The summed E-state index contributed by atoms with van der Waals surface area (Å²) >= 11 is 1.41. The summed E-state index contributed by atoms with van der Waals surface area (Å²) in [6.07, 6.45) is 6.58. The fourth-order valence-corrected chi connectivity index (χ4v) is 7.40. The lowest BCUT2D eigenvalue weighted by molar-refractivity contribution is -0.127. The van der Waals surface area contributed by atoms with Gasteiger partial charge in [-0.15, -0.1) is 11.3 Å². The standard InChI is InChI=1S/C29H32N2O5S/c1-18-8-11-29(16-18)25(32)23-19(2)24(26-30-12-15-35-26)37-27(23)31(28(29)33)17-22(20-6-4-3-5-7-20)36-21-9-13-34-14-10-21/h3-7,12,15,18,21-22H,8-11,13-14,16-17H2,1-2H3. The van der Waals surface area contributed by atoms with Crippen LogP contribution in [-0.2, 0) is 14.3 Å². The fourth-order valence-electron chi connectivity index (χ4n) is 6.15. The van der Waals surface area contributed by atoms with Crippen LogP contribution in [0, 0.1) is 18.3 Å². The molecule has 3 aliphatic rings. The predicted molar refractivity (Wildman–Crippen MR) is 141 cm³/mol. The van der Waals surface area contributed by atoms with E-state index in [1.165, 1.54) is 17.6 Å². The molecule has 3 unspecified atom stereocenters. The van der Waals surface area contributed by atoms with E-state index in [0.717, 1.165) is 35.3 Å². The SMILES string of the molecule is Cc1c(-c2ncco2)sc2c1C(=O)C1(CCC(C)C1)C(=O)N2CC(OC1CCOCC1)c1ccccc1. The quantitative estimate of drug-likeness (QED) is 0.372. The Bertz CT molecular complexity index is 1280. The van der Waals surface area contributed by atoms with Crippen molar-refractivity contribution in [1.82, 2.24) is 4.98 Å². The highest BCUT2D eigenvalue weighted by molar-refractivity contribution is 7.20. The van der Waals surface area contributed by atoms with Crippen molar-refractivity contribution in [3.8, 4) is 10.8 Å². The molecule has 1 aromatic carbocycles. The molecule has 0 N–H and O–H groups in total. The molecule has 7 nitrogen and oxygen atoms in total. The first-order chi connectivity index (χ1) is 18.0. The van der Waals surface area contributed by atoms with Crippen LogP contribution in [0.15, 0.2) is 47.2 Å². The van der Waals surface area contributed by atoms with Crippen LogP contribution in [-0.4, -0.2) is 42.5 Å². The highest BCUT2D eigenvalue weighted by Gasteiger charge is 2.57. The molecule has 6 rings (SSSR count). The molecule has 3 aromatic rings. The lowest BCUT2D eigenvalue weighted by Crippen LogP contribution is -2.53. The molecule has 1 amide bonds. The van der Waals surface area contributed by atoms with Crippen LogP contribution in [0.2, 0.25) is 0 Å². The molecule has 194 valence electrons. The number of anilines is 1. The van der Waals surface area contributed by atoms with E-state index in [-0.39, 0.29) is 23.9 Å². The van der Waals surface area contributed by atoms with E-state index in [4.69, 9.17) is 13.9 Å². The van der Waals surface area contributed by atoms with Crippen molar-refractivity contribution in [2.45, 2.75) is 58.2 Å². The second-order valence-corrected chi connectivity index (χ2v) is 11.6. The molecule has 37 heavy (non-hydrogen) atoms. The van der Waals surface area contributed by atoms with Crippen LogP contribution in [0.5, 0.6) is 0 Å². The van der Waals surface area contributed by atoms with Gasteiger partial charge in [0, 0.05) is 13.2 Å². The van der Waals surface area contributed by atoms with Crippen LogP contribution in [0.25, 0.3) is 10.8 Å². The monoisotopic (exact) mass is 520 g/mol. The zero-order valence-electron chi connectivity index (χ0n) is 21.3. The molecular weight excluding hydrogens is 488 g/mol. The molecule has 3 atom stereocenters. The number of nitrogens with zero attached hydrogens (tertiary/aromatic N) is 2. The molecule has 4 heterocycles. The average molecular weight is 521 g/mol. The number of hydrogen-bond acceptors (Lipinski definition) is 7. The average Bonchev–Trinajstić information content (AvgIpc) is 3.66. The first-order valence-electron chi connectivity index (χ1n) is 13.2. The maximum Gasteiger partial charge on any atom is 0.241 e. The number of amides is 1. The van der Waals surface area contributed by atoms with Gasteiger partial charge in [0.2, 0.25) is 11.8 Å². The number of hydrogen-bond donors (Lipinski definition) is 0. The summed E-state index contributed by atoms with van der Waals surface area (Å²) in [7, 11) is 0. The second kappa shape index (κ2) is 9.82. The Hall–Kier alpha value is -2.81. The third kappa shape index (κ3) is 4.25. The number of carbonyl (C=O) groups is 2. The summed E-state index contributed by atoms with van der Waals surface area (Å²) in [6.45, 7) is 5.78. The van der Waals surface area contributed by atoms with Gasteiger partial charge in [0.15, 0.2) is 5.78 Å². The Balaban J connectivity index is 1.44. The van der Waals surface area contributed by atoms with E-state index < -0.39 is 5.41 Å². The number of ketones is 1. The van der Waals surface area contributed by atoms with Gasteiger partial charge in [-0.2, -0.15) is 0 Å². The normalized spacial score (nSPS) is 25.1. The van der Waals surface area contributed by atoms with Gasteiger partial charge in [-0.1, -0.05) is 37.3 Å². The van der Waals surface area contributed by atoms with Crippen LogP contribution in [0.1, 0.15) is 66.6 Å². The topological polar surface area (TPSA) is 81.9 Å². The summed E-state index contributed by atoms with van der Waals surface area (Å²) in [6, 6.07) is 10.1. The number of fused-ring (bicyclic) bond motifs is 1. The van der Waals surface area contributed by atoms with Gasteiger partial charge in [0.1, 0.15) is 22.8 Å². The molecule has 1 aliphatic carbocycles. The number of rotatable bonds is 6. The largest absolute Gasteiger partial charge is 0.444 e. The second-order valence-electron chi connectivity index (χ2n) is 10.6. The van der Waals surface area contributed by atoms with E-state index in [2.05, 4.69) is 24.0 Å². The van der Waals surface area contributed by atoms with Gasteiger partial charge in [-0.05, 0) is 56.1 Å². The molecule has 1 saturated heterocycles. The van der Waals surface area contributed by atoms with Gasteiger partial charge >= 0.3 is 0 Å². The number of oxazole rings is 1. The molecule has 0 radical (unpaired) electrons. The highest BCUT2D eigenvalue weighted by Crippen LogP contribution is 2.54. The minimum atomic E-state index is -1.01. The van der Waals surface area contributed by atoms with E-state index in [9.17, 15) is 9.59 Å². The molecule has 2 fully saturated rings. The number of Topliss-reactive ketones (excluding diaryl/α,β-unsaturated/α-hetero) is 1.